The van der Waals surface area contributed by atoms with Crippen LogP contribution in [-0.4, -0.2) is 35.4 Å². The molecule has 6 heteroatoms. The molecule has 134 valence electrons. The summed E-state index contributed by atoms with van der Waals surface area (Å²) in [6, 6.07) is 8.28. The largest absolute Gasteiger partial charge is 0.380 e. The first-order valence-electron chi connectivity index (χ1n) is 8.57. The van der Waals surface area contributed by atoms with Gasteiger partial charge in [-0.3, -0.25) is 9.48 Å². The fraction of sp³-hybridized carbons (Fsp3) is 0.474. The Morgan fingerprint density at radius 3 is 2.68 bits per heavy atom. The molecule has 25 heavy (non-hydrogen) atoms. The van der Waals surface area contributed by atoms with E-state index in [4.69, 9.17) is 4.74 Å². The number of nitrogens with one attached hydrogen (secondary N) is 1. The van der Waals surface area contributed by atoms with Crippen molar-refractivity contribution in [1.29, 1.82) is 0 Å². The topological polar surface area (TPSA) is 56.1 Å². The molecule has 0 bridgehead atoms. The number of amides is 1. The molecular weight excluding hydrogens is 321 g/mol. The van der Waals surface area contributed by atoms with Crippen molar-refractivity contribution >= 4 is 5.91 Å². The van der Waals surface area contributed by atoms with E-state index >= 15 is 0 Å². The minimum Gasteiger partial charge on any atom is -0.380 e. The average Bonchev–Trinajstić information content (AvgIpc) is 3.21. The molecule has 2 aromatic rings. The zero-order valence-electron chi connectivity index (χ0n) is 14.9. The Morgan fingerprint density at radius 2 is 2.12 bits per heavy atom. The third-order valence-electron chi connectivity index (χ3n) is 4.87. The molecule has 0 saturated carbocycles. The van der Waals surface area contributed by atoms with Crippen LogP contribution < -0.4 is 5.32 Å². The normalized spacial score (nSPS) is 20.2. The van der Waals surface area contributed by atoms with Crippen LogP contribution in [0.1, 0.15) is 47.9 Å². The summed E-state index contributed by atoms with van der Waals surface area (Å²) in [5.41, 5.74) is 2.10. The molecule has 1 aromatic carbocycles. The minimum absolute atomic E-state index is 0.157. The van der Waals surface area contributed by atoms with E-state index in [-0.39, 0.29) is 23.1 Å². The van der Waals surface area contributed by atoms with Gasteiger partial charge < -0.3 is 10.1 Å². The summed E-state index contributed by atoms with van der Waals surface area (Å²) in [6.45, 7) is 5.69. The van der Waals surface area contributed by atoms with Crippen LogP contribution in [0.25, 0.3) is 0 Å². The number of nitrogens with zero attached hydrogens (tertiary/aromatic N) is 2. The molecule has 5 nitrogen and oxygen atoms in total. The van der Waals surface area contributed by atoms with E-state index in [2.05, 4.69) is 10.4 Å². The van der Waals surface area contributed by atoms with Crippen molar-refractivity contribution < 1.29 is 13.9 Å². The maximum absolute atomic E-state index is 13.2. The highest BCUT2D eigenvalue weighted by Crippen LogP contribution is 2.33. The predicted octanol–water partition coefficient (Wildman–Crippen LogP) is 2.77. The molecule has 0 spiro atoms. The summed E-state index contributed by atoms with van der Waals surface area (Å²) in [6.07, 6.45) is 0.793. The van der Waals surface area contributed by atoms with Crippen LogP contribution in [0.2, 0.25) is 0 Å². The van der Waals surface area contributed by atoms with Crippen molar-refractivity contribution in [2.24, 2.45) is 7.05 Å². The Morgan fingerprint density at radius 1 is 1.40 bits per heavy atom. The Bertz CT molecular complexity index is 747. The van der Waals surface area contributed by atoms with Gasteiger partial charge in [-0.05, 0) is 36.1 Å². The van der Waals surface area contributed by atoms with Gasteiger partial charge >= 0.3 is 0 Å². The van der Waals surface area contributed by atoms with Gasteiger partial charge in [-0.15, -0.1) is 0 Å². The van der Waals surface area contributed by atoms with Gasteiger partial charge in [0, 0.05) is 25.6 Å². The van der Waals surface area contributed by atoms with Crippen LogP contribution in [0.15, 0.2) is 30.3 Å². The Hall–Kier alpha value is -2.21. The van der Waals surface area contributed by atoms with Crippen LogP contribution in [0.5, 0.6) is 0 Å². The van der Waals surface area contributed by atoms with Gasteiger partial charge in [0.05, 0.1) is 12.3 Å². The van der Waals surface area contributed by atoms with Crippen molar-refractivity contribution in [1.82, 2.24) is 15.1 Å². The van der Waals surface area contributed by atoms with Gasteiger partial charge in [-0.2, -0.15) is 5.10 Å². The fourth-order valence-corrected chi connectivity index (χ4v) is 3.20. The monoisotopic (exact) mass is 345 g/mol. The van der Waals surface area contributed by atoms with E-state index in [9.17, 15) is 9.18 Å². The van der Waals surface area contributed by atoms with E-state index in [1.807, 2.05) is 19.9 Å². The number of aromatic nitrogens is 2. The molecule has 1 saturated heterocycles. The Labute approximate surface area is 147 Å². The summed E-state index contributed by atoms with van der Waals surface area (Å²) in [5, 5.41) is 7.40. The zero-order valence-corrected chi connectivity index (χ0v) is 14.9. The first kappa shape index (κ1) is 17.6. The molecular formula is C19H24FN3O2. The second-order valence-corrected chi connectivity index (χ2v) is 7.01. The highest BCUT2D eigenvalue weighted by molar-refractivity contribution is 5.92. The highest BCUT2D eigenvalue weighted by atomic mass is 19.1. The van der Waals surface area contributed by atoms with E-state index in [0.29, 0.717) is 25.5 Å². The standard InChI is InChI=1S/C19H24FN3O2/c1-13(2)16-10-17(23(3)22-16)18(24)21-11-19(8-9-25-12-19)14-4-6-15(20)7-5-14/h4-7,10,13H,8-9,11-12H2,1-3H3,(H,21,24). The molecule has 1 amide bonds. The summed E-state index contributed by atoms with van der Waals surface area (Å²) < 4.78 is 20.4. The highest BCUT2D eigenvalue weighted by Gasteiger charge is 2.37. The summed E-state index contributed by atoms with van der Waals surface area (Å²) >= 11 is 0. The van der Waals surface area contributed by atoms with Gasteiger partial charge in [-0.1, -0.05) is 26.0 Å². The lowest BCUT2D eigenvalue weighted by Gasteiger charge is -2.28. The van der Waals surface area contributed by atoms with Crippen molar-refractivity contribution in [2.75, 3.05) is 19.8 Å². The molecule has 1 aromatic heterocycles. The van der Waals surface area contributed by atoms with Crippen LogP contribution in [0.3, 0.4) is 0 Å². The molecule has 1 N–H and O–H groups in total. The average molecular weight is 345 g/mol. The van der Waals surface area contributed by atoms with E-state index in [1.165, 1.54) is 12.1 Å². The molecule has 3 rings (SSSR count). The Kier molecular flexibility index (Phi) is 4.90. The summed E-state index contributed by atoms with van der Waals surface area (Å²) in [7, 11) is 1.77. The summed E-state index contributed by atoms with van der Waals surface area (Å²) in [5.74, 6) is -0.158. The van der Waals surface area contributed by atoms with Crippen LogP contribution in [-0.2, 0) is 17.2 Å². The van der Waals surface area contributed by atoms with Crippen LogP contribution in [0, 0.1) is 5.82 Å². The lowest BCUT2D eigenvalue weighted by molar-refractivity contribution is 0.0929. The second kappa shape index (κ2) is 6.96. The van der Waals surface area contributed by atoms with E-state index in [1.54, 1.807) is 23.9 Å². The van der Waals surface area contributed by atoms with Gasteiger partial charge in [-0.25, -0.2) is 4.39 Å². The lowest BCUT2D eigenvalue weighted by atomic mass is 9.79. The first-order chi connectivity index (χ1) is 11.9. The van der Waals surface area contributed by atoms with E-state index < -0.39 is 0 Å². The fourth-order valence-electron chi connectivity index (χ4n) is 3.20. The number of carbonyl (C=O) groups is 1. The van der Waals surface area contributed by atoms with Gasteiger partial charge in [0.2, 0.25) is 0 Å². The van der Waals surface area contributed by atoms with E-state index in [0.717, 1.165) is 17.7 Å². The number of aryl methyl sites for hydroxylation is 1. The van der Waals surface area contributed by atoms with Gasteiger partial charge in [0.1, 0.15) is 11.5 Å². The molecule has 1 unspecified atom stereocenters. The van der Waals surface area contributed by atoms with Gasteiger partial charge in [0.15, 0.2) is 0 Å². The van der Waals surface area contributed by atoms with Crippen LogP contribution in [0.4, 0.5) is 4.39 Å². The first-order valence-corrected chi connectivity index (χ1v) is 8.57. The number of hydrogen-bond donors (Lipinski definition) is 1. The molecule has 1 aliphatic rings. The van der Waals surface area contributed by atoms with Crippen molar-refractivity contribution in [3.63, 3.8) is 0 Å². The second-order valence-electron chi connectivity index (χ2n) is 7.01. The molecule has 1 fully saturated rings. The predicted molar refractivity (Wildman–Crippen MR) is 93.1 cm³/mol. The van der Waals surface area contributed by atoms with Crippen molar-refractivity contribution in [2.45, 2.75) is 31.6 Å². The number of ether oxygens (including phenoxy) is 1. The molecule has 1 atom stereocenters. The SMILES string of the molecule is CC(C)c1cc(C(=O)NCC2(c3ccc(F)cc3)CCOC2)n(C)n1. The number of benzene rings is 1. The Balaban J connectivity index is 1.76. The third-order valence-corrected chi connectivity index (χ3v) is 4.87. The van der Waals surface area contributed by atoms with Gasteiger partial charge in [0.25, 0.3) is 5.91 Å². The zero-order chi connectivity index (χ0) is 18.0. The quantitative estimate of drug-likeness (QED) is 0.907. The molecule has 2 heterocycles. The molecule has 0 aliphatic carbocycles. The lowest BCUT2D eigenvalue weighted by Crippen LogP contribution is -2.41. The number of halogens is 1. The minimum atomic E-state index is -0.317. The molecule has 0 radical (unpaired) electrons. The third kappa shape index (κ3) is 3.58. The maximum Gasteiger partial charge on any atom is 0.269 e. The number of carbonyl (C=O) groups excluding carboxylic acids is 1. The summed E-state index contributed by atoms with van der Waals surface area (Å²) in [4.78, 5) is 12.6. The van der Waals surface area contributed by atoms with Crippen LogP contribution >= 0.6 is 0 Å². The molecule has 1 aliphatic heterocycles. The number of rotatable bonds is 5. The smallest absolute Gasteiger partial charge is 0.269 e. The van der Waals surface area contributed by atoms with Crippen molar-refractivity contribution in [3.8, 4) is 0 Å². The number of hydrogen-bond acceptors (Lipinski definition) is 3. The van der Waals surface area contributed by atoms with Crippen molar-refractivity contribution in [3.05, 3.63) is 53.1 Å². The maximum atomic E-state index is 13.2.